The van der Waals surface area contributed by atoms with Gasteiger partial charge in [-0.25, -0.2) is 9.78 Å². The van der Waals surface area contributed by atoms with Crippen LogP contribution in [-0.4, -0.2) is 33.2 Å². The highest BCUT2D eigenvalue weighted by molar-refractivity contribution is 6.36. The number of imidazole rings is 1. The van der Waals surface area contributed by atoms with Crippen LogP contribution in [0.3, 0.4) is 0 Å². The lowest BCUT2D eigenvalue weighted by Crippen LogP contribution is -2.33. The normalized spacial score (nSPS) is 11.5. The second-order valence-electron chi connectivity index (χ2n) is 10.2. The van der Waals surface area contributed by atoms with Crippen LogP contribution >= 0.6 is 23.2 Å². The highest BCUT2D eigenvalue weighted by atomic mass is 35.5. The third kappa shape index (κ3) is 8.35. The van der Waals surface area contributed by atoms with Crippen LogP contribution in [0.2, 0.25) is 10.0 Å². The maximum absolute atomic E-state index is 13.2. The van der Waals surface area contributed by atoms with E-state index in [-0.39, 0.29) is 0 Å². The van der Waals surface area contributed by atoms with Gasteiger partial charge in [0, 0.05) is 29.0 Å². The van der Waals surface area contributed by atoms with Crippen LogP contribution in [0.25, 0.3) is 34.5 Å². The molecule has 46 heavy (non-hydrogen) atoms. The van der Waals surface area contributed by atoms with Crippen LogP contribution in [0, 0.1) is 0 Å². The Balaban J connectivity index is 1.38. The number of carboxylic acid groups (broad SMARTS) is 1. The number of hydrogen-bond acceptors (Lipinski definition) is 3. The molecule has 5 rings (SSSR count). The topological polar surface area (TPSA) is 96.3 Å². The van der Waals surface area contributed by atoms with Crippen molar-refractivity contribution in [2.75, 3.05) is 11.9 Å². The number of benzene rings is 4. The number of carbonyl (C=O) groups excluding carboxylic acids is 1. The minimum atomic E-state index is -4.42. The van der Waals surface area contributed by atoms with Crippen molar-refractivity contribution in [3.63, 3.8) is 0 Å². The average Bonchev–Trinajstić information content (AvgIpc) is 3.41. The van der Waals surface area contributed by atoms with E-state index in [1.165, 1.54) is 6.07 Å². The zero-order chi connectivity index (χ0) is 32.8. The van der Waals surface area contributed by atoms with E-state index < -0.39 is 30.3 Å². The molecule has 0 unspecified atom stereocenters. The number of nitrogens with zero attached hydrogens (tertiary/aromatic N) is 2. The molecule has 0 aliphatic carbocycles. The van der Waals surface area contributed by atoms with Gasteiger partial charge in [-0.15, -0.1) is 0 Å². The number of aliphatic carboxylic acids is 1. The summed E-state index contributed by atoms with van der Waals surface area (Å²) in [7, 11) is 0. The van der Waals surface area contributed by atoms with Gasteiger partial charge in [-0.1, -0.05) is 77.8 Å². The fourth-order valence-electron chi connectivity index (χ4n) is 4.57. The molecule has 0 spiro atoms. The van der Waals surface area contributed by atoms with Crippen molar-refractivity contribution in [2.24, 2.45) is 0 Å². The summed E-state index contributed by atoms with van der Waals surface area (Å²) in [6.45, 7) is -0.0847. The van der Waals surface area contributed by atoms with Crippen LogP contribution < -0.4 is 10.6 Å². The molecule has 0 radical (unpaired) electrons. The predicted octanol–water partition coefficient (Wildman–Crippen LogP) is 8.97. The van der Waals surface area contributed by atoms with E-state index in [0.717, 1.165) is 23.3 Å². The van der Waals surface area contributed by atoms with Gasteiger partial charge < -0.3 is 20.3 Å². The van der Waals surface area contributed by atoms with Gasteiger partial charge in [-0.05, 0) is 70.8 Å². The Kier molecular flexibility index (Phi) is 9.79. The molecule has 0 aliphatic heterocycles. The van der Waals surface area contributed by atoms with Crippen molar-refractivity contribution in [3.05, 3.63) is 130 Å². The molecule has 5 aromatic rings. The average molecular weight is 665 g/mol. The van der Waals surface area contributed by atoms with Crippen molar-refractivity contribution in [2.45, 2.75) is 12.7 Å². The molecule has 0 saturated heterocycles. The van der Waals surface area contributed by atoms with Gasteiger partial charge in [0.15, 0.2) is 0 Å². The second-order valence-corrected chi connectivity index (χ2v) is 11.0. The zero-order valence-corrected chi connectivity index (χ0v) is 25.4. The first-order valence-electron chi connectivity index (χ1n) is 13.8. The van der Waals surface area contributed by atoms with E-state index in [1.54, 1.807) is 48.5 Å². The number of halogens is 5. The van der Waals surface area contributed by atoms with Crippen LogP contribution in [0.15, 0.2) is 97.2 Å². The van der Waals surface area contributed by atoms with E-state index in [4.69, 9.17) is 33.3 Å². The molecule has 0 atom stereocenters. The molecule has 0 bridgehead atoms. The number of carbonyl (C=O) groups is 2. The minimum Gasteiger partial charge on any atom is -0.480 e. The van der Waals surface area contributed by atoms with E-state index in [1.807, 2.05) is 47.2 Å². The molecule has 7 nitrogen and oxygen atoms in total. The molecule has 0 fully saturated rings. The number of rotatable bonds is 9. The summed E-state index contributed by atoms with van der Waals surface area (Å²) in [5.74, 6) is -0.541. The van der Waals surface area contributed by atoms with Gasteiger partial charge >= 0.3 is 18.2 Å². The van der Waals surface area contributed by atoms with Crippen molar-refractivity contribution in [1.29, 1.82) is 0 Å². The minimum absolute atomic E-state index is 0.415. The molecule has 0 saturated carbocycles. The van der Waals surface area contributed by atoms with E-state index in [9.17, 15) is 22.8 Å². The quantitative estimate of drug-likeness (QED) is 0.147. The molecule has 234 valence electrons. The Labute approximate surface area is 271 Å². The van der Waals surface area contributed by atoms with Gasteiger partial charge in [0.05, 0.1) is 16.3 Å². The summed E-state index contributed by atoms with van der Waals surface area (Å²) in [5, 5.41) is 14.5. The smallest absolute Gasteiger partial charge is 0.416 e. The lowest BCUT2D eigenvalue weighted by molar-refractivity contribution is -0.137. The Hall–Kier alpha value is -5.06. The zero-order valence-electron chi connectivity index (χ0n) is 23.9. The molecule has 1 aromatic heterocycles. The van der Waals surface area contributed by atoms with Crippen molar-refractivity contribution < 1.29 is 27.9 Å². The maximum atomic E-state index is 13.2. The Morgan fingerprint density at radius 1 is 0.891 bits per heavy atom. The number of carboxylic acids is 1. The SMILES string of the molecule is O=C(O)CNC(=O)Nc1ccc(Cn2cc(-c3ccc(Cl)cc3Cl)nc2C=Cc2ccc(-c3cccc(C(F)(F)F)c3)cc2)cc1. The Morgan fingerprint density at radius 2 is 1.63 bits per heavy atom. The molecule has 4 aromatic carbocycles. The Bertz CT molecular complexity index is 1900. The first kappa shape index (κ1) is 32.3. The first-order valence-corrected chi connectivity index (χ1v) is 14.5. The van der Waals surface area contributed by atoms with Crippen LogP contribution in [0.4, 0.5) is 23.7 Å². The number of aromatic nitrogens is 2. The van der Waals surface area contributed by atoms with Crippen molar-refractivity contribution in [3.8, 4) is 22.4 Å². The van der Waals surface area contributed by atoms with E-state index in [2.05, 4.69) is 10.6 Å². The van der Waals surface area contributed by atoms with Gasteiger partial charge in [0.25, 0.3) is 0 Å². The van der Waals surface area contributed by atoms with Crippen LogP contribution in [-0.2, 0) is 17.5 Å². The fraction of sp³-hybridized carbons (Fsp3) is 0.0882. The van der Waals surface area contributed by atoms with Crippen LogP contribution in [0.1, 0.15) is 22.5 Å². The molecule has 2 amide bonds. The highest BCUT2D eigenvalue weighted by Crippen LogP contribution is 2.33. The summed E-state index contributed by atoms with van der Waals surface area (Å²) in [5.41, 5.74) is 3.92. The molecule has 0 aliphatic rings. The summed E-state index contributed by atoms with van der Waals surface area (Å²) in [6.07, 6.45) is 1.12. The monoisotopic (exact) mass is 664 g/mol. The third-order valence-electron chi connectivity index (χ3n) is 6.84. The molecule has 3 N–H and O–H groups in total. The number of alkyl halides is 3. The van der Waals surface area contributed by atoms with E-state index in [0.29, 0.717) is 50.5 Å². The molecular weight excluding hydrogens is 640 g/mol. The van der Waals surface area contributed by atoms with Crippen LogP contribution in [0.5, 0.6) is 0 Å². The number of hydrogen-bond donors (Lipinski definition) is 3. The number of urea groups is 1. The van der Waals surface area contributed by atoms with Crippen molar-refractivity contribution in [1.82, 2.24) is 14.9 Å². The second kappa shape index (κ2) is 13.9. The third-order valence-corrected chi connectivity index (χ3v) is 7.39. The fourth-order valence-corrected chi connectivity index (χ4v) is 5.08. The van der Waals surface area contributed by atoms with Gasteiger partial charge in [-0.3, -0.25) is 4.79 Å². The lowest BCUT2D eigenvalue weighted by atomic mass is 10.0. The van der Waals surface area contributed by atoms with Gasteiger partial charge in [0.1, 0.15) is 12.4 Å². The molecular formula is C34H25Cl2F3N4O3. The van der Waals surface area contributed by atoms with E-state index >= 15 is 0 Å². The summed E-state index contributed by atoms with van der Waals surface area (Å²) >= 11 is 12.6. The Morgan fingerprint density at radius 3 is 2.30 bits per heavy atom. The highest BCUT2D eigenvalue weighted by Gasteiger charge is 2.30. The largest absolute Gasteiger partial charge is 0.480 e. The summed E-state index contributed by atoms with van der Waals surface area (Å²) in [4.78, 5) is 27.3. The van der Waals surface area contributed by atoms with Gasteiger partial charge in [0.2, 0.25) is 0 Å². The number of nitrogens with one attached hydrogen (secondary N) is 2. The molecule has 12 heteroatoms. The molecule has 1 heterocycles. The predicted molar refractivity (Wildman–Crippen MR) is 174 cm³/mol. The first-order chi connectivity index (χ1) is 21.9. The maximum Gasteiger partial charge on any atom is 0.416 e. The summed E-state index contributed by atoms with van der Waals surface area (Å²) < 4.78 is 41.5. The number of anilines is 1. The van der Waals surface area contributed by atoms with Gasteiger partial charge in [-0.2, -0.15) is 13.2 Å². The lowest BCUT2D eigenvalue weighted by Gasteiger charge is -2.09. The standard InChI is InChI=1S/C34H25Cl2F3N4O3/c35-26-11-14-28(29(36)17-26)30-20-43(19-22-6-12-27(13-7-22)41-33(46)40-18-32(44)45)31(42-30)15-8-21-4-9-23(10-5-21)24-2-1-3-25(16-24)34(37,38)39/h1-17,20H,18-19H2,(H,44,45)(H2,40,41,46). The van der Waals surface area contributed by atoms with Crippen molar-refractivity contribution >= 4 is 53.0 Å². The summed E-state index contributed by atoms with van der Waals surface area (Å²) in [6, 6.07) is 23.9. The number of amides is 2.